The van der Waals surface area contributed by atoms with E-state index in [1.165, 1.54) is 0 Å². The fraction of sp³-hybridized carbons (Fsp3) is 0.588. The molecule has 0 fully saturated rings. The highest BCUT2D eigenvalue weighted by molar-refractivity contribution is 14.0. The lowest BCUT2D eigenvalue weighted by Crippen LogP contribution is -2.41. The Hall–Kier alpha value is -0.860. The summed E-state index contributed by atoms with van der Waals surface area (Å²) in [5.41, 5.74) is 0.823. The molecule has 0 aliphatic rings. The molecule has 0 spiro atoms. The molecule has 1 aromatic carbocycles. The maximum absolute atomic E-state index is 9.60. The van der Waals surface area contributed by atoms with Crippen LogP contribution in [0.4, 0.5) is 0 Å². The summed E-state index contributed by atoms with van der Waals surface area (Å²) in [4.78, 5) is 4.54. The summed E-state index contributed by atoms with van der Waals surface area (Å²) >= 11 is 0. The van der Waals surface area contributed by atoms with Crippen molar-refractivity contribution in [2.24, 2.45) is 4.99 Å². The predicted octanol–water partition coefficient (Wildman–Crippen LogP) is 2.36. The number of guanidine groups is 1. The van der Waals surface area contributed by atoms with Gasteiger partial charge in [-0.25, -0.2) is 0 Å². The highest BCUT2D eigenvalue weighted by Gasteiger charge is 2.16. The molecule has 0 bridgehead atoms. The van der Waals surface area contributed by atoms with Crippen molar-refractivity contribution < 1.29 is 9.84 Å². The van der Waals surface area contributed by atoms with Gasteiger partial charge in [0.25, 0.3) is 0 Å². The number of halogens is 1. The van der Waals surface area contributed by atoms with Gasteiger partial charge in [0.1, 0.15) is 0 Å². The second-order valence-corrected chi connectivity index (χ2v) is 5.83. The van der Waals surface area contributed by atoms with Crippen molar-refractivity contribution in [3.05, 3.63) is 35.9 Å². The summed E-state index contributed by atoms with van der Waals surface area (Å²) < 4.78 is 5.38. The van der Waals surface area contributed by atoms with E-state index in [9.17, 15) is 5.11 Å². The number of benzene rings is 1. The zero-order valence-electron chi connectivity index (χ0n) is 14.5. The number of aliphatic hydroxyl groups is 1. The number of ether oxygens (including phenoxy) is 1. The Bertz CT molecular complexity index is 452. The van der Waals surface area contributed by atoms with Crippen LogP contribution in [0, 0.1) is 0 Å². The van der Waals surface area contributed by atoms with Crippen LogP contribution in [0.5, 0.6) is 0 Å². The van der Waals surface area contributed by atoms with Gasteiger partial charge in [-0.15, -0.1) is 24.0 Å². The van der Waals surface area contributed by atoms with Gasteiger partial charge in [-0.2, -0.15) is 0 Å². The number of nitrogens with zero attached hydrogens (tertiary/aromatic N) is 1. The molecular formula is C17H30IN3O2. The third kappa shape index (κ3) is 8.53. The van der Waals surface area contributed by atoms with Gasteiger partial charge in [0.05, 0.1) is 18.8 Å². The van der Waals surface area contributed by atoms with Crippen LogP contribution in [0.25, 0.3) is 0 Å². The minimum Gasteiger partial charge on any atom is -0.396 e. The highest BCUT2D eigenvalue weighted by Crippen LogP contribution is 2.13. The van der Waals surface area contributed by atoms with E-state index in [4.69, 9.17) is 4.74 Å². The Morgan fingerprint density at radius 1 is 1.26 bits per heavy atom. The number of methoxy groups -OCH3 is 1. The average molecular weight is 435 g/mol. The number of aliphatic imine (C=N–C) groups is 1. The molecule has 0 saturated carbocycles. The summed E-state index contributed by atoms with van der Waals surface area (Å²) in [7, 11) is 1.69. The number of hydrogen-bond donors (Lipinski definition) is 3. The summed E-state index contributed by atoms with van der Waals surface area (Å²) in [5, 5.41) is 16.1. The summed E-state index contributed by atoms with van der Waals surface area (Å²) in [6, 6.07) is 10.0. The van der Waals surface area contributed by atoms with Gasteiger partial charge in [-0.3, -0.25) is 4.99 Å². The van der Waals surface area contributed by atoms with Gasteiger partial charge in [-0.1, -0.05) is 30.3 Å². The molecule has 0 saturated heterocycles. The van der Waals surface area contributed by atoms with E-state index in [2.05, 4.69) is 15.6 Å². The third-order valence-electron chi connectivity index (χ3n) is 3.52. The smallest absolute Gasteiger partial charge is 0.191 e. The minimum atomic E-state index is -0.293. The van der Waals surface area contributed by atoms with Crippen molar-refractivity contribution in [3.63, 3.8) is 0 Å². The van der Waals surface area contributed by atoms with Crippen molar-refractivity contribution in [2.45, 2.75) is 32.3 Å². The molecule has 1 atom stereocenters. The van der Waals surface area contributed by atoms with Crippen LogP contribution < -0.4 is 10.6 Å². The molecule has 1 rings (SSSR count). The van der Waals surface area contributed by atoms with E-state index in [1.54, 1.807) is 7.11 Å². The first-order chi connectivity index (χ1) is 10.5. The summed E-state index contributed by atoms with van der Waals surface area (Å²) in [6.45, 7) is 8.10. The third-order valence-corrected chi connectivity index (χ3v) is 3.52. The topological polar surface area (TPSA) is 65.9 Å². The van der Waals surface area contributed by atoms with Crippen LogP contribution in [0.2, 0.25) is 0 Å². The largest absolute Gasteiger partial charge is 0.396 e. The van der Waals surface area contributed by atoms with Crippen LogP contribution in [0.3, 0.4) is 0 Å². The Morgan fingerprint density at radius 3 is 2.43 bits per heavy atom. The quantitative estimate of drug-likeness (QED) is 0.333. The van der Waals surface area contributed by atoms with Crippen LogP contribution >= 0.6 is 24.0 Å². The van der Waals surface area contributed by atoms with E-state index in [1.807, 2.05) is 51.1 Å². The monoisotopic (exact) mass is 435 g/mol. The van der Waals surface area contributed by atoms with E-state index >= 15 is 0 Å². The molecule has 23 heavy (non-hydrogen) atoms. The van der Waals surface area contributed by atoms with E-state index in [0.29, 0.717) is 13.1 Å². The van der Waals surface area contributed by atoms with Crippen LogP contribution in [-0.2, 0) is 4.74 Å². The first-order valence-corrected chi connectivity index (χ1v) is 7.75. The van der Waals surface area contributed by atoms with E-state index in [-0.39, 0.29) is 42.1 Å². The molecule has 5 nitrogen and oxygen atoms in total. The summed E-state index contributed by atoms with van der Waals surface area (Å²) in [6.07, 6.45) is 0. The second-order valence-electron chi connectivity index (χ2n) is 5.83. The predicted molar refractivity (Wildman–Crippen MR) is 107 cm³/mol. The van der Waals surface area contributed by atoms with Crippen molar-refractivity contribution in [1.82, 2.24) is 10.6 Å². The molecule has 1 unspecified atom stereocenters. The van der Waals surface area contributed by atoms with Crippen LogP contribution in [0.15, 0.2) is 35.3 Å². The van der Waals surface area contributed by atoms with E-state index in [0.717, 1.165) is 18.1 Å². The maximum Gasteiger partial charge on any atom is 0.191 e. The number of aliphatic hydroxyl groups excluding tert-OH is 1. The lowest BCUT2D eigenvalue weighted by atomic mass is 10.0. The number of rotatable bonds is 8. The molecular weight excluding hydrogens is 405 g/mol. The molecule has 0 amide bonds. The molecule has 0 aliphatic carbocycles. The zero-order valence-corrected chi connectivity index (χ0v) is 16.8. The Balaban J connectivity index is 0.00000484. The van der Waals surface area contributed by atoms with Crippen molar-refractivity contribution in [1.29, 1.82) is 0 Å². The van der Waals surface area contributed by atoms with Gasteiger partial charge in [0.2, 0.25) is 0 Å². The molecule has 6 heteroatoms. The first-order valence-electron chi connectivity index (χ1n) is 7.75. The lowest BCUT2D eigenvalue weighted by molar-refractivity contribution is 0.0310. The Morgan fingerprint density at radius 2 is 1.91 bits per heavy atom. The lowest BCUT2D eigenvalue weighted by Gasteiger charge is -2.22. The number of hydrogen-bond acceptors (Lipinski definition) is 3. The summed E-state index contributed by atoms with van der Waals surface area (Å²) in [5.74, 6) is 0.780. The van der Waals surface area contributed by atoms with Gasteiger partial charge < -0.3 is 20.5 Å². The first kappa shape index (κ1) is 22.1. The molecule has 1 aromatic rings. The Kier molecular flexibility index (Phi) is 11.2. The SMILES string of the molecule is CCNC(=NCC(C)(C)OC)NCC(CO)c1ccccc1.I. The van der Waals surface area contributed by atoms with Gasteiger partial charge in [0.15, 0.2) is 5.96 Å². The molecule has 0 aromatic heterocycles. The van der Waals surface area contributed by atoms with Crippen molar-refractivity contribution >= 4 is 29.9 Å². The van der Waals surface area contributed by atoms with Gasteiger partial charge in [0, 0.05) is 26.1 Å². The minimum absolute atomic E-state index is 0. The molecule has 0 heterocycles. The zero-order chi connectivity index (χ0) is 16.4. The Labute approximate surface area is 156 Å². The molecule has 3 N–H and O–H groups in total. The van der Waals surface area contributed by atoms with Crippen LogP contribution in [-0.4, -0.2) is 50.0 Å². The van der Waals surface area contributed by atoms with Crippen LogP contribution in [0.1, 0.15) is 32.3 Å². The average Bonchev–Trinajstić information content (AvgIpc) is 2.54. The fourth-order valence-electron chi connectivity index (χ4n) is 1.91. The van der Waals surface area contributed by atoms with Gasteiger partial charge >= 0.3 is 0 Å². The number of nitrogens with one attached hydrogen (secondary N) is 2. The van der Waals surface area contributed by atoms with E-state index < -0.39 is 0 Å². The van der Waals surface area contributed by atoms with Gasteiger partial charge in [-0.05, 0) is 26.3 Å². The molecule has 0 aliphatic heterocycles. The fourth-order valence-corrected chi connectivity index (χ4v) is 1.91. The van der Waals surface area contributed by atoms with Crippen molar-refractivity contribution in [2.75, 3.05) is 33.4 Å². The van der Waals surface area contributed by atoms with Crippen molar-refractivity contribution in [3.8, 4) is 0 Å². The highest BCUT2D eigenvalue weighted by atomic mass is 127. The molecule has 0 radical (unpaired) electrons. The standard InChI is InChI=1S/C17H29N3O2.HI/c1-5-18-16(20-13-17(2,3)22-4)19-11-15(12-21)14-9-7-6-8-10-14;/h6-10,15,21H,5,11-13H2,1-4H3,(H2,18,19,20);1H. The second kappa shape index (κ2) is 11.6. The maximum atomic E-state index is 9.60. The molecule has 132 valence electrons. The normalized spacial score (nSPS) is 13.2.